The van der Waals surface area contributed by atoms with Gasteiger partial charge in [-0.25, -0.2) is 4.98 Å². The highest BCUT2D eigenvalue weighted by atomic mass is 16.5. The van der Waals surface area contributed by atoms with Crippen LogP contribution in [0.4, 0.5) is 11.6 Å². The van der Waals surface area contributed by atoms with Crippen molar-refractivity contribution in [1.82, 2.24) is 9.97 Å². The zero-order chi connectivity index (χ0) is 14.5. The third kappa shape index (κ3) is 2.94. The standard InChI is InChI=1S/C13H14N4O3/c1-19-9-6-10(14)15-7-8(9)13(18)17-11-4-3-5-12(16-11)20-2/h3-7H,1-2H3,(H2,14,15)(H,16,17,18). The van der Waals surface area contributed by atoms with Crippen molar-refractivity contribution in [3.8, 4) is 11.6 Å². The number of pyridine rings is 2. The second kappa shape index (κ2) is 5.87. The van der Waals surface area contributed by atoms with Crippen molar-refractivity contribution in [1.29, 1.82) is 0 Å². The van der Waals surface area contributed by atoms with Gasteiger partial charge in [0.15, 0.2) is 0 Å². The van der Waals surface area contributed by atoms with E-state index in [0.717, 1.165) is 0 Å². The van der Waals surface area contributed by atoms with E-state index < -0.39 is 5.91 Å². The fourth-order valence-electron chi connectivity index (χ4n) is 1.57. The number of methoxy groups -OCH3 is 2. The summed E-state index contributed by atoms with van der Waals surface area (Å²) in [6, 6.07) is 6.53. The first kappa shape index (κ1) is 13.6. The minimum Gasteiger partial charge on any atom is -0.496 e. The lowest BCUT2D eigenvalue weighted by Crippen LogP contribution is -2.15. The molecule has 2 heterocycles. The van der Waals surface area contributed by atoms with Crippen molar-refractivity contribution in [2.75, 3.05) is 25.3 Å². The molecule has 0 spiro atoms. The summed E-state index contributed by atoms with van der Waals surface area (Å²) in [6.07, 6.45) is 1.35. The Bertz CT molecular complexity index is 631. The molecule has 0 atom stereocenters. The molecule has 104 valence electrons. The number of carbonyl (C=O) groups excluding carboxylic acids is 1. The topological polar surface area (TPSA) is 99.4 Å². The number of hydrogen-bond acceptors (Lipinski definition) is 6. The van der Waals surface area contributed by atoms with Gasteiger partial charge in [0.05, 0.1) is 14.2 Å². The van der Waals surface area contributed by atoms with E-state index in [1.54, 1.807) is 18.2 Å². The van der Waals surface area contributed by atoms with Crippen LogP contribution >= 0.6 is 0 Å². The highest BCUT2D eigenvalue weighted by molar-refractivity contribution is 6.05. The molecule has 0 aliphatic carbocycles. The van der Waals surface area contributed by atoms with Gasteiger partial charge in [-0.15, -0.1) is 0 Å². The van der Waals surface area contributed by atoms with E-state index >= 15 is 0 Å². The summed E-state index contributed by atoms with van der Waals surface area (Å²) in [5.74, 6) is 1.00. The van der Waals surface area contributed by atoms with Crippen molar-refractivity contribution >= 4 is 17.5 Å². The van der Waals surface area contributed by atoms with Gasteiger partial charge in [0, 0.05) is 18.3 Å². The Morgan fingerprint density at radius 1 is 1.30 bits per heavy atom. The molecule has 0 aliphatic heterocycles. The van der Waals surface area contributed by atoms with Crippen molar-refractivity contribution in [2.45, 2.75) is 0 Å². The Morgan fingerprint density at radius 2 is 2.10 bits per heavy atom. The molecule has 2 rings (SSSR count). The lowest BCUT2D eigenvalue weighted by Gasteiger charge is -2.09. The van der Waals surface area contributed by atoms with Gasteiger partial charge in [0.1, 0.15) is 22.9 Å². The molecule has 0 saturated heterocycles. The summed E-state index contributed by atoms with van der Waals surface area (Å²) in [4.78, 5) is 20.1. The molecule has 7 nitrogen and oxygen atoms in total. The highest BCUT2D eigenvalue weighted by Crippen LogP contribution is 2.20. The van der Waals surface area contributed by atoms with E-state index in [1.807, 2.05) is 0 Å². The summed E-state index contributed by atoms with van der Waals surface area (Å²) < 4.78 is 10.1. The third-order valence-electron chi connectivity index (χ3n) is 2.53. The molecule has 7 heteroatoms. The van der Waals surface area contributed by atoms with Crippen LogP contribution in [0.2, 0.25) is 0 Å². The number of hydrogen-bond donors (Lipinski definition) is 2. The third-order valence-corrected chi connectivity index (χ3v) is 2.53. The van der Waals surface area contributed by atoms with Crippen molar-refractivity contribution in [3.63, 3.8) is 0 Å². The number of nitrogens with one attached hydrogen (secondary N) is 1. The number of nitrogens with two attached hydrogens (primary N) is 1. The van der Waals surface area contributed by atoms with Crippen LogP contribution in [-0.2, 0) is 0 Å². The van der Waals surface area contributed by atoms with E-state index in [-0.39, 0.29) is 11.4 Å². The summed E-state index contributed by atoms with van der Waals surface area (Å²) in [6.45, 7) is 0. The molecule has 3 N–H and O–H groups in total. The first-order valence-corrected chi connectivity index (χ1v) is 5.76. The van der Waals surface area contributed by atoms with Crippen LogP contribution in [0.5, 0.6) is 11.6 Å². The summed E-state index contributed by atoms with van der Waals surface area (Å²) >= 11 is 0. The summed E-state index contributed by atoms with van der Waals surface area (Å²) in [5.41, 5.74) is 5.81. The largest absolute Gasteiger partial charge is 0.496 e. The Balaban J connectivity index is 2.23. The molecule has 0 bridgehead atoms. The zero-order valence-electron chi connectivity index (χ0n) is 11.1. The number of nitrogens with zero attached hydrogens (tertiary/aromatic N) is 2. The predicted molar refractivity (Wildman–Crippen MR) is 73.9 cm³/mol. The van der Waals surface area contributed by atoms with Crippen molar-refractivity contribution in [3.05, 3.63) is 36.0 Å². The Kier molecular flexibility index (Phi) is 3.99. The maximum atomic E-state index is 12.2. The van der Waals surface area contributed by atoms with Crippen LogP contribution in [-0.4, -0.2) is 30.1 Å². The number of rotatable bonds is 4. The number of nitrogen functional groups attached to an aromatic ring is 1. The van der Waals surface area contributed by atoms with Crippen LogP contribution in [0.3, 0.4) is 0 Å². The number of anilines is 2. The molecule has 0 unspecified atom stereocenters. The quantitative estimate of drug-likeness (QED) is 0.872. The van der Waals surface area contributed by atoms with Gasteiger partial charge >= 0.3 is 0 Å². The lowest BCUT2D eigenvalue weighted by molar-refractivity contribution is 0.102. The van der Waals surface area contributed by atoms with Crippen molar-refractivity contribution < 1.29 is 14.3 Å². The lowest BCUT2D eigenvalue weighted by atomic mass is 10.2. The van der Waals surface area contributed by atoms with Gasteiger partial charge in [0.2, 0.25) is 5.88 Å². The zero-order valence-corrected chi connectivity index (χ0v) is 11.1. The molecular formula is C13H14N4O3. The minimum atomic E-state index is -0.393. The second-order valence-electron chi connectivity index (χ2n) is 3.83. The van der Waals surface area contributed by atoms with Crippen LogP contribution in [0.1, 0.15) is 10.4 Å². The molecular weight excluding hydrogens is 260 g/mol. The molecule has 0 radical (unpaired) electrons. The minimum absolute atomic E-state index is 0.270. The highest BCUT2D eigenvalue weighted by Gasteiger charge is 2.14. The molecule has 1 amide bonds. The first-order valence-electron chi connectivity index (χ1n) is 5.76. The first-order chi connectivity index (χ1) is 9.63. The molecule has 0 aromatic carbocycles. The van der Waals surface area contributed by atoms with E-state index in [1.165, 1.54) is 26.5 Å². The number of aromatic nitrogens is 2. The molecule has 2 aromatic rings. The number of amides is 1. The maximum Gasteiger partial charge on any atom is 0.262 e. The van der Waals surface area contributed by atoms with E-state index in [4.69, 9.17) is 15.2 Å². The Hall–Kier alpha value is -2.83. The molecule has 0 saturated carbocycles. The van der Waals surface area contributed by atoms with Gasteiger partial charge in [-0.2, -0.15) is 4.98 Å². The SMILES string of the molecule is COc1cccc(NC(=O)c2cnc(N)cc2OC)n1. The maximum absolute atomic E-state index is 12.2. The number of ether oxygens (including phenoxy) is 2. The van der Waals surface area contributed by atoms with E-state index in [9.17, 15) is 4.79 Å². The average molecular weight is 274 g/mol. The smallest absolute Gasteiger partial charge is 0.262 e. The molecule has 20 heavy (non-hydrogen) atoms. The fraction of sp³-hybridized carbons (Fsp3) is 0.154. The predicted octanol–water partition coefficient (Wildman–Crippen LogP) is 1.33. The van der Waals surface area contributed by atoms with Crippen LogP contribution in [0.15, 0.2) is 30.5 Å². The average Bonchev–Trinajstić information content (AvgIpc) is 2.47. The van der Waals surface area contributed by atoms with Gasteiger partial charge in [-0.05, 0) is 6.07 Å². The van der Waals surface area contributed by atoms with Gasteiger partial charge in [-0.3, -0.25) is 4.79 Å². The van der Waals surface area contributed by atoms with Crippen LogP contribution < -0.4 is 20.5 Å². The van der Waals surface area contributed by atoms with Gasteiger partial charge in [-0.1, -0.05) is 6.07 Å². The molecule has 0 fully saturated rings. The number of carbonyl (C=O) groups is 1. The van der Waals surface area contributed by atoms with E-state index in [0.29, 0.717) is 17.4 Å². The van der Waals surface area contributed by atoms with Crippen LogP contribution in [0, 0.1) is 0 Å². The Morgan fingerprint density at radius 3 is 2.80 bits per heavy atom. The summed E-state index contributed by atoms with van der Waals surface area (Å²) in [5, 5.41) is 2.64. The Labute approximate surface area is 115 Å². The molecule has 2 aromatic heterocycles. The summed E-state index contributed by atoms with van der Waals surface area (Å²) in [7, 11) is 2.95. The second-order valence-corrected chi connectivity index (χ2v) is 3.83. The fourth-order valence-corrected chi connectivity index (χ4v) is 1.57. The van der Waals surface area contributed by atoms with Crippen LogP contribution in [0.25, 0.3) is 0 Å². The van der Waals surface area contributed by atoms with E-state index in [2.05, 4.69) is 15.3 Å². The normalized spacial score (nSPS) is 9.90. The molecule has 0 aliphatic rings. The van der Waals surface area contributed by atoms with Gasteiger partial charge < -0.3 is 20.5 Å². The van der Waals surface area contributed by atoms with Gasteiger partial charge in [0.25, 0.3) is 5.91 Å². The van der Waals surface area contributed by atoms with Crippen molar-refractivity contribution in [2.24, 2.45) is 0 Å². The monoisotopic (exact) mass is 274 g/mol.